The summed E-state index contributed by atoms with van der Waals surface area (Å²) >= 11 is 2.05. The molecule has 17 heavy (non-hydrogen) atoms. The minimum atomic E-state index is 0.500. The van der Waals surface area contributed by atoms with Crippen LogP contribution in [0.2, 0.25) is 0 Å². The maximum absolute atomic E-state index is 3.64. The van der Waals surface area contributed by atoms with Gasteiger partial charge in [0.1, 0.15) is 0 Å². The molecule has 0 aliphatic carbocycles. The summed E-state index contributed by atoms with van der Waals surface area (Å²) in [6.45, 7) is 7.88. The van der Waals surface area contributed by atoms with Crippen LogP contribution in [0.1, 0.15) is 38.8 Å². The minimum Gasteiger partial charge on any atom is -0.309 e. The summed E-state index contributed by atoms with van der Waals surface area (Å²) < 4.78 is 0. The molecule has 96 valence electrons. The summed E-state index contributed by atoms with van der Waals surface area (Å²) in [5.74, 6) is 3.20. The Morgan fingerprint density at radius 3 is 2.41 bits per heavy atom. The van der Waals surface area contributed by atoms with E-state index in [1.54, 1.807) is 0 Å². The van der Waals surface area contributed by atoms with Crippen LogP contribution in [0.3, 0.4) is 0 Å². The second kappa shape index (κ2) is 8.60. The number of hydrogen-bond acceptors (Lipinski definition) is 2. The third kappa shape index (κ3) is 6.13. The van der Waals surface area contributed by atoms with Gasteiger partial charge in [-0.3, -0.25) is 0 Å². The Kier molecular flexibility index (Phi) is 7.38. The van der Waals surface area contributed by atoms with E-state index in [1.165, 1.54) is 23.5 Å². The van der Waals surface area contributed by atoms with Gasteiger partial charge in [0.25, 0.3) is 0 Å². The molecule has 1 aromatic carbocycles. The molecule has 1 nitrogen and oxygen atoms in total. The molecule has 1 aromatic rings. The predicted molar refractivity (Wildman–Crippen MR) is 79.6 cm³/mol. The lowest BCUT2D eigenvalue weighted by Crippen LogP contribution is -2.24. The second-order valence-electron chi connectivity index (χ2n) is 4.85. The summed E-state index contributed by atoms with van der Waals surface area (Å²) in [4.78, 5) is 0. The average molecular weight is 251 g/mol. The third-order valence-corrected chi connectivity index (χ3v) is 4.05. The van der Waals surface area contributed by atoms with E-state index in [9.17, 15) is 0 Å². The number of thioether (sulfide) groups is 1. The molecule has 0 radical (unpaired) electrons. The fraction of sp³-hybridized carbons (Fsp3) is 0.600. The van der Waals surface area contributed by atoms with E-state index in [0.717, 1.165) is 12.5 Å². The van der Waals surface area contributed by atoms with Crippen molar-refractivity contribution in [1.29, 1.82) is 0 Å². The SMILES string of the molecule is CCCNC(CSCC(C)C)c1ccccc1. The Balaban J connectivity index is 2.48. The van der Waals surface area contributed by atoms with Crippen molar-refractivity contribution >= 4 is 11.8 Å². The summed E-state index contributed by atoms with van der Waals surface area (Å²) in [6, 6.07) is 11.3. The van der Waals surface area contributed by atoms with Crippen molar-refractivity contribution in [3.8, 4) is 0 Å². The highest BCUT2D eigenvalue weighted by Gasteiger charge is 2.10. The zero-order chi connectivity index (χ0) is 12.5. The Hall–Kier alpha value is -0.470. The maximum Gasteiger partial charge on any atom is 0.0411 e. The monoisotopic (exact) mass is 251 g/mol. The summed E-state index contributed by atoms with van der Waals surface area (Å²) in [7, 11) is 0. The van der Waals surface area contributed by atoms with E-state index >= 15 is 0 Å². The van der Waals surface area contributed by atoms with E-state index < -0.39 is 0 Å². The molecule has 0 amide bonds. The highest BCUT2D eigenvalue weighted by Crippen LogP contribution is 2.19. The molecule has 1 N–H and O–H groups in total. The van der Waals surface area contributed by atoms with Crippen molar-refractivity contribution in [2.24, 2.45) is 5.92 Å². The lowest BCUT2D eigenvalue weighted by molar-refractivity contribution is 0.577. The topological polar surface area (TPSA) is 12.0 Å². The molecular weight excluding hydrogens is 226 g/mol. The number of hydrogen-bond donors (Lipinski definition) is 1. The second-order valence-corrected chi connectivity index (χ2v) is 5.92. The molecule has 0 aliphatic heterocycles. The van der Waals surface area contributed by atoms with Crippen molar-refractivity contribution in [1.82, 2.24) is 5.32 Å². The molecule has 0 fully saturated rings. The van der Waals surface area contributed by atoms with Crippen molar-refractivity contribution in [3.05, 3.63) is 35.9 Å². The maximum atomic E-state index is 3.64. The van der Waals surface area contributed by atoms with Gasteiger partial charge in [-0.2, -0.15) is 11.8 Å². The number of nitrogens with one attached hydrogen (secondary N) is 1. The Morgan fingerprint density at radius 1 is 1.12 bits per heavy atom. The molecule has 0 saturated carbocycles. The molecule has 0 bridgehead atoms. The van der Waals surface area contributed by atoms with Gasteiger partial charge in [0.15, 0.2) is 0 Å². The number of benzene rings is 1. The van der Waals surface area contributed by atoms with E-state index in [1.807, 2.05) is 0 Å². The first-order valence-electron chi connectivity index (χ1n) is 6.60. The molecule has 0 saturated heterocycles. The summed E-state index contributed by atoms with van der Waals surface area (Å²) in [6.07, 6.45) is 1.19. The van der Waals surface area contributed by atoms with Crippen LogP contribution < -0.4 is 5.32 Å². The van der Waals surface area contributed by atoms with Gasteiger partial charge in [-0.15, -0.1) is 0 Å². The molecule has 0 heterocycles. The van der Waals surface area contributed by atoms with Gasteiger partial charge in [-0.25, -0.2) is 0 Å². The largest absolute Gasteiger partial charge is 0.309 e. The quantitative estimate of drug-likeness (QED) is 0.746. The van der Waals surface area contributed by atoms with Crippen LogP contribution in [-0.4, -0.2) is 18.1 Å². The van der Waals surface area contributed by atoms with E-state index in [4.69, 9.17) is 0 Å². The van der Waals surface area contributed by atoms with Crippen molar-refractivity contribution in [3.63, 3.8) is 0 Å². The van der Waals surface area contributed by atoms with E-state index in [2.05, 4.69) is 68.2 Å². The first kappa shape index (κ1) is 14.6. The van der Waals surface area contributed by atoms with Crippen LogP contribution in [0.4, 0.5) is 0 Å². The van der Waals surface area contributed by atoms with Crippen LogP contribution in [0.5, 0.6) is 0 Å². The Labute approximate surface area is 110 Å². The van der Waals surface area contributed by atoms with Crippen molar-refractivity contribution < 1.29 is 0 Å². The van der Waals surface area contributed by atoms with Gasteiger partial charge >= 0.3 is 0 Å². The fourth-order valence-electron chi connectivity index (χ4n) is 1.70. The van der Waals surface area contributed by atoms with Crippen LogP contribution in [0, 0.1) is 5.92 Å². The van der Waals surface area contributed by atoms with E-state index in [-0.39, 0.29) is 0 Å². The zero-order valence-corrected chi connectivity index (χ0v) is 12.1. The minimum absolute atomic E-state index is 0.500. The molecular formula is C15H25NS. The fourth-order valence-corrected chi connectivity index (χ4v) is 2.85. The zero-order valence-electron chi connectivity index (χ0n) is 11.3. The smallest absolute Gasteiger partial charge is 0.0411 e. The van der Waals surface area contributed by atoms with Crippen molar-refractivity contribution in [2.75, 3.05) is 18.1 Å². The standard InChI is InChI=1S/C15H25NS/c1-4-10-16-15(12-17-11-13(2)3)14-8-6-5-7-9-14/h5-9,13,15-16H,4,10-12H2,1-3H3. The molecule has 0 spiro atoms. The predicted octanol–water partition coefficient (Wildman–Crippen LogP) is 4.12. The van der Waals surface area contributed by atoms with Crippen LogP contribution in [0.25, 0.3) is 0 Å². The highest BCUT2D eigenvalue weighted by atomic mass is 32.2. The molecule has 1 rings (SSSR count). The first-order valence-corrected chi connectivity index (χ1v) is 7.75. The molecule has 1 unspecified atom stereocenters. The highest BCUT2D eigenvalue weighted by molar-refractivity contribution is 7.99. The van der Waals surface area contributed by atoms with Gasteiger partial charge in [-0.05, 0) is 30.2 Å². The molecule has 1 atom stereocenters. The number of rotatable bonds is 8. The van der Waals surface area contributed by atoms with Crippen molar-refractivity contribution in [2.45, 2.75) is 33.2 Å². The summed E-state index contributed by atoms with van der Waals surface area (Å²) in [5, 5.41) is 3.64. The van der Waals surface area contributed by atoms with Gasteiger partial charge in [0, 0.05) is 11.8 Å². The first-order chi connectivity index (χ1) is 8.24. The molecule has 0 aliphatic rings. The molecule has 0 aromatic heterocycles. The Bertz CT molecular complexity index is 284. The molecule has 2 heteroatoms. The third-order valence-electron chi connectivity index (χ3n) is 2.58. The van der Waals surface area contributed by atoms with Gasteiger partial charge < -0.3 is 5.32 Å². The Morgan fingerprint density at radius 2 is 1.82 bits per heavy atom. The average Bonchev–Trinajstić information content (AvgIpc) is 2.34. The summed E-state index contributed by atoms with van der Waals surface area (Å²) in [5.41, 5.74) is 1.41. The lowest BCUT2D eigenvalue weighted by Gasteiger charge is -2.19. The van der Waals surface area contributed by atoms with Crippen LogP contribution in [0.15, 0.2) is 30.3 Å². The van der Waals surface area contributed by atoms with Gasteiger partial charge in [-0.1, -0.05) is 51.1 Å². The van der Waals surface area contributed by atoms with E-state index in [0.29, 0.717) is 6.04 Å². The normalized spacial score (nSPS) is 12.9. The van der Waals surface area contributed by atoms with Crippen LogP contribution >= 0.6 is 11.8 Å². The lowest BCUT2D eigenvalue weighted by atomic mass is 10.1. The van der Waals surface area contributed by atoms with Gasteiger partial charge in [0.2, 0.25) is 0 Å². The van der Waals surface area contributed by atoms with Gasteiger partial charge in [0.05, 0.1) is 0 Å². The van der Waals surface area contributed by atoms with Crippen LogP contribution in [-0.2, 0) is 0 Å².